The Labute approximate surface area is 207 Å². The van der Waals surface area contributed by atoms with E-state index < -0.39 is 0 Å². The highest BCUT2D eigenvalue weighted by atomic mass is 16.2. The normalized spacial score (nSPS) is 15.6. The lowest BCUT2D eigenvalue weighted by atomic mass is 9.89. The summed E-state index contributed by atoms with van der Waals surface area (Å²) in [5.74, 6) is 0.177. The van der Waals surface area contributed by atoms with Gasteiger partial charge in [-0.2, -0.15) is 0 Å². The number of carbonyl (C=O) groups excluding carboxylic acids is 1. The van der Waals surface area contributed by atoms with Gasteiger partial charge in [-0.15, -0.1) is 0 Å². The molecule has 5 rings (SSSR count). The van der Waals surface area contributed by atoms with Crippen LogP contribution in [0.4, 0.5) is 0 Å². The Hall–Kier alpha value is -3.70. The number of rotatable bonds is 7. The van der Waals surface area contributed by atoms with Crippen LogP contribution in [0.2, 0.25) is 0 Å². The molecule has 0 radical (unpaired) electrons. The summed E-state index contributed by atoms with van der Waals surface area (Å²) in [6, 6.07) is 24.8. The van der Waals surface area contributed by atoms with Gasteiger partial charge in [0.1, 0.15) is 5.65 Å². The Morgan fingerprint density at radius 2 is 1.69 bits per heavy atom. The molecule has 0 spiro atoms. The van der Waals surface area contributed by atoms with Crippen molar-refractivity contribution < 1.29 is 4.79 Å². The minimum atomic E-state index is -0.0343. The first kappa shape index (κ1) is 23.1. The van der Waals surface area contributed by atoms with Gasteiger partial charge >= 0.3 is 0 Å². The lowest BCUT2D eigenvalue weighted by Gasteiger charge is -2.35. The maximum atomic E-state index is 13.5. The van der Waals surface area contributed by atoms with Gasteiger partial charge in [-0.1, -0.05) is 72.8 Å². The number of hydrogen-bond acceptors (Lipinski definition) is 3. The van der Waals surface area contributed by atoms with Gasteiger partial charge < -0.3 is 9.30 Å². The lowest BCUT2D eigenvalue weighted by molar-refractivity contribution is -0.133. The van der Waals surface area contributed by atoms with Crippen molar-refractivity contribution in [1.82, 2.24) is 19.2 Å². The van der Waals surface area contributed by atoms with Crippen LogP contribution in [-0.4, -0.2) is 57.8 Å². The standard InChI is InChI=1S/C30H32N4O/c1-24-10-5-6-14-26(24)27(28-23-31-29-15-7-8-17-34(28)29)22-30(35)33-20-18-32(19-21-33)16-9-13-25-11-3-2-4-12-25/h2-15,17,23,27H,16,18-22H2,1H3/b13-9+. The monoisotopic (exact) mass is 464 g/mol. The van der Waals surface area contributed by atoms with Gasteiger partial charge in [0.2, 0.25) is 5.91 Å². The van der Waals surface area contributed by atoms with Crippen LogP contribution in [0.15, 0.2) is 91.3 Å². The summed E-state index contributed by atoms with van der Waals surface area (Å²) in [7, 11) is 0. The molecule has 1 atom stereocenters. The molecule has 1 unspecified atom stereocenters. The van der Waals surface area contributed by atoms with Crippen LogP contribution in [0.25, 0.3) is 11.7 Å². The van der Waals surface area contributed by atoms with Gasteiger partial charge in [0.25, 0.3) is 0 Å². The summed E-state index contributed by atoms with van der Waals surface area (Å²) >= 11 is 0. The fourth-order valence-corrected chi connectivity index (χ4v) is 4.95. The van der Waals surface area contributed by atoms with E-state index in [-0.39, 0.29) is 11.8 Å². The van der Waals surface area contributed by atoms with E-state index in [0.717, 1.165) is 44.1 Å². The molecule has 2 aromatic heterocycles. The van der Waals surface area contributed by atoms with Crippen molar-refractivity contribution in [3.63, 3.8) is 0 Å². The molecule has 4 aromatic rings. The Balaban J connectivity index is 1.26. The van der Waals surface area contributed by atoms with Gasteiger partial charge in [0, 0.05) is 57.5 Å². The van der Waals surface area contributed by atoms with E-state index in [1.807, 2.05) is 41.6 Å². The second kappa shape index (κ2) is 10.7. The van der Waals surface area contributed by atoms with Gasteiger partial charge in [-0.25, -0.2) is 4.98 Å². The van der Waals surface area contributed by atoms with Crippen LogP contribution in [0.3, 0.4) is 0 Å². The summed E-state index contributed by atoms with van der Waals surface area (Å²) in [4.78, 5) is 22.5. The van der Waals surface area contributed by atoms with Crippen molar-refractivity contribution in [3.05, 3.63) is 114 Å². The minimum absolute atomic E-state index is 0.0343. The van der Waals surface area contributed by atoms with Crippen LogP contribution in [-0.2, 0) is 4.79 Å². The van der Waals surface area contributed by atoms with Crippen molar-refractivity contribution in [2.24, 2.45) is 0 Å². The summed E-state index contributed by atoms with van der Waals surface area (Å²) in [5.41, 5.74) is 5.58. The van der Waals surface area contributed by atoms with E-state index in [0.29, 0.717) is 6.42 Å². The molecular weight excluding hydrogens is 432 g/mol. The highest BCUT2D eigenvalue weighted by Gasteiger charge is 2.27. The van der Waals surface area contributed by atoms with Crippen LogP contribution in [0.1, 0.15) is 34.7 Å². The van der Waals surface area contributed by atoms with Crippen molar-refractivity contribution in [3.8, 4) is 0 Å². The summed E-state index contributed by atoms with van der Waals surface area (Å²) in [5, 5.41) is 0. The number of fused-ring (bicyclic) bond motifs is 1. The second-order valence-corrected chi connectivity index (χ2v) is 9.22. The highest BCUT2D eigenvalue weighted by Crippen LogP contribution is 2.31. The first-order valence-corrected chi connectivity index (χ1v) is 12.4. The Bertz CT molecular complexity index is 1300. The molecule has 0 saturated carbocycles. The average Bonchev–Trinajstić information content (AvgIpc) is 3.33. The smallest absolute Gasteiger partial charge is 0.223 e. The Kier molecular flexibility index (Phi) is 7.05. The van der Waals surface area contributed by atoms with E-state index in [4.69, 9.17) is 0 Å². The summed E-state index contributed by atoms with van der Waals surface area (Å²) in [6.07, 6.45) is 8.79. The molecule has 0 bridgehead atoms. The molecule has 1 fully saturated rings. The summed E-state index contributed by atoms with van der Waals surface area (Å²) in [6.45, 7) is 6.37. The van der Waals surface area contributed by atoms with Gasteiger partial charge in [0.05, 0.1) is 5.69 Å². The van der Waals surface area contributed by atoms with Crippen LogP contribution >= 0.6 is 0 Å². The summed E-state index contributed by atoms with van der Waals surface area (Å²) < 4.78 is 2.11. The average molecular weight is 465 g/mol. The molecule has 1 aliphatic rings. The molecule has 35 heavy (non-hydrogen) atoms. The topological polar surface area (TPSA) is 40.9 Å². The highest BCUT2D eigenvalue weighted by molar-refractivity contribution is 5.78. The molecule has 0 N–H and O–H groups in total. The number of aromatic nitrogens is 2. The zero-order valence-corrected chi connectivity index (χ0v) is 20.3. The molecule has 1 saturated heterocycles. The van der Waals surface area contributed by atoms with Gasteiger partial charge in [0.15, 0.2) is 0 Å². The SMILES string of the molecule is Cc1ccccc1C(CC(=O)N1CCN(C/C=C/c2ccccc2)CC1)c1cnc2ccccn12. The number of pyridine rings is 1. The first-order valence-electron chi connectivity index (χ1n) is 12.4. The van der Waals surface area contributed by atoms with Crippen molar-refractivity contribution in [1.29, 1.82) is 0 Å². The van der Waals surface area contributed by atoms with E-state index in [9.17, 15) is 4.79 Å². The Morgan fingerprint density at radius 1 is 0.943 bits per heavy atom. The van der Waals surface area contributed by atoms with Gasteiger partial charge in [-0.3, -0.25) is 9.69 Å². The molecule has 2 aromatic carbocycles. The van der Waals surface area contributed by atoms with E-state index in [1.165, 1.54) is 16.7 Å². The number of carbonyl (C=O) groups is 1. The van der Waals surface area contributed by atoms with Crippen LogP contribution in [0.5, 0.6) is 0 Å². The fraction of sp³-hybridized carbons (Fsp3) is 0.267. The minimum Gasteiger partial charge on any atom is -0.340 e. The molecule has 5 heteroatoms. The third-order valence-corrected chi connectivity index (χ3v) is 6.94. The second-order valence-electron chi connectivity index (χ2n) is 9.22. The Morgan fingerprint density at radius 3 is 2.49 bits per heavy atom. The van der Waals surface area contributed by atoms with Crippen molar-refractivity contribution >= 4 is 17.6 Å². The number of hydrogen-bond donors (Lipinski definition) is 0. The number of benzene rings is 2. The molecule has 0 aliphatic carbocycles. The van der Waals surface area contributed by atoms with Gasteiger partial charge in [-0.05, 0) is 35.7 Å². The number of imidazole rings is 1. The van der Waals surface area contributed by atoms with Crippen LogP contribution in [0, 0.1) is 6.92 Å². The molecule has 3 heterocycles. The number of amides is 1. The van der Waals surface area contributed by atoms with Crippen LogP contribution < -0.4 is 0 Å². The maximum absolute atomic E-state index is 13.5. The predicted molar refractivity (Wildman–Crippen MR) is 141 cm³/mol. The third kappa shape index (κ3) is 5.36. The quantitative estimate of drug-likeness (QED) is 0.386. The van der Waals surface area contributed by atoms with E-state index in [1.54, 1.807) is 0 Å². The molecule has 5 nitrogen and oxygen atoms in total. The molecule has 1 amide bonds. The fourth-order valence-electron chi connectivity index (χ4n) is 4.95. The molecule has 178 valence electrons. The molecule has 1 aliphatic heterocycles. The molecular formula is C30H32N4O. The van der Waals surface area contributed by atoms with Crippen molar-refractivity contribution in [2.45, 2.75) is 19.3 Å². The van der Waals surface area contributed by atoms with E-state index >= 15 is 0 Å². The zero-order chi connectivity index (χ0) is 24.0. The maximum Gasteiger partial charge on any atom is 0.223 e. The largest absolute Gasteiger partial charge is 0.340 e. The predicted octanol–water partition coefficient (Wildman–Crippen LogP) is 5.02. The number of aryl methyl sites for hydroxylation is 1. The number of piperazine rings is 1. The van der Waals surface area contributed by atoms with Crippen molar-refractivity contribution in [2.75, 3.05) is 32.7 Å². The third-order valence-electron chi connectivity index (χ3n) is 6.94. The first-order chi connectivity index (χ1) is 17.2. The number of nitrogens with zero attached hydrogens (tertiary/aromatic N) is 4. The zero-order valence-electron chi connectivity index (χ0n) is 20.3. The van der Waals surface area contributed by atoms with E-state index in [2.05, 4.69) is 81.9 Å². The lowest BCUT2D eigenvalue weighted by Crippen LogP contribution is -2.48.